The molecule has 0 spiro atoms. The minimum Gasteiger partial charge on any atom is -0.439 e. The highest BCUT2D eigenvalue weighted by molar-refractivity contribution is 7.92. The summed E-state index contributed by atoms with van der Waals surface area (Å²) < 4.78 is 31.0. The number of amides is 2. The van der Waals surface area contributed by atoms with Crippen molar-refractivity contribution in [1.82, 2.24) is 9.88 Å². The Hall–Kier alpha value is -4.41. The number of carbonyl (C=O) groups is 1. The lowest BCUT2D eigenvalue weighted by Crippen LogP contribution is -2.49. The number of likely N-dealkylation sites (tertiary alicyclic amines) is 1. The molecule has 2 heterocycles. The number of benzene rings is 3. The average Bonchev–Trinajstić information content (AvgIpc) is 2.97. The second-order valence-electron chi connectivity index (χ2n) is 10.5. The normalized spacial score (nSPS) is 14.2. The van der Waals surface area contributed by atoms with Gasteiger partial charge in [-0.3, -0.25) is 14.5 Å². The Kier molecular flexibility index (Phi) is 9.04. The molecule has 0 bridgehead atoms. The molecule has 0 saturated carbocycles. The van der Waals surface area contributed by atoms with Gasteiger partial charge in [-0.15, -0.1) is 0 Å². The van der Waals surface area contributed by atoms with Gasteiger partial charge < -0.3 is 10.1 Å². The van der Waals surface area contributed by atoms with Crippen molar-refractivity contribution < 1.29 is 17.9 Å². The molecule has 1 aromatic heterocycles. The number of sulfonamides is 1. The van der Waals surface area contributed by atoms with Crippen molar-refractivity contribution in [1.29, 1.82) is 0 Å². The summed E-state index contributed by atoms with van der Waals surface area (Å²) in [6.45, 7) is 4.47. The van der Waals surface area contributed by atoms with Crippen molar-refractivity contribution in [2.75, 3.05) is 34.3 Å². The molecule has 3 aromatic carbocycles. The van der Waals surface area contributed by atoms with Gasteiger partial charge >= 0.3 is 6.03 Å². The number of para-hydroxylation sites is 2. The molecule has 0 aliphatic carbocycles. The zero-order valence-corrected chi connectivity index (χ0v) is 24.5. The van der Waals surface area contributed by atoms with Gasteiger partial charge in [0.25, 0.3) is 0 Å². The fourth-order valence-corrected chi connectivity index (χ4v) is 5.62. The van der Waals surface area contributed by atoms with E-state index in [1.165, 1.54) is 0 Å². The third-order valence-corrected chi connectivity index (χ3v) is 7.75. The van der Waals surface area contributed by atoms with Gasteiger partial charge in [0.2, 0.25) is 15.9 Å². The summed E-state index contributed by atoms with van der Waals surface area (Å²) >= 11 is 0. The quantitative estimate of drug-likeness (QED) is 0.240. The molecule has 4 aromatic rings. The van der Waals surface area contributed by atoms with Gasteiger partial charge in [0.05, 0.1) is 6.26 Å². The number of ether oxygens (including phenoxy) is 1. The lowest BCUT2D eigenvalue weighted by atomic mass is 10.0. The van der Waals surface area contributed by atoms with Gasteiger partial charge in [-0.05, 0) is 73.4 Å². The van der Waals surface area contributed by atoms with Crippen LogP contribution in [0.15, 0.2) is 97.2 Å². The van der Waals surface area contributed by atoms with Crippen LogP contribution in [0.3, 0.4) is 0 Å². The SMILES string of the molecule is Cc1ccccc1NC(=O)N(c1ccccc1)C1CCN(Cc2ccc(Oc3ccc(NS(C)(=O)=O)cc3)nc2)CC1. The van der Waals surface area contributed by atoms with Crippen molar-refractivity contribution in [2.45, 2.75) is 32.4 Å². The molecular formula is C32H35N5O4S. The first kappa shape index (κ1) is 29.1. The standard InChI is InChI=1S/C32H35N5O4S/c1-24-8-6-7-11-30(24)34-32(38)37(27-9-4-3-5-10-27)28-18-20-36(21-19-28)23-25-12-17-31(33-22-25)41-29-15-13-26(14-16-29)35-42(2,39)40/h3-17,22,28,35H,18-21,23H2,1-2H3,(H,34,38). The maximum Gasteiger partial charge on any atom is 0.326 e. The summed E-state index contributed by atoms with van der Waals surface area (Å²) in [7, 11) is -3.33. The molecule has 42 heavy (non-hydrogen) atoms. The lowest BCUT2D eigenvalue weighted by Gasteiger charge is -2.38. The first-order valence-electron chi connectivity index (χ1n) is 13.9. The first-order chi connectivity index (χ1) is 20.2. The molecule has 1 fully saturated rings. The van der Waals surface area contributed by atoms with E-state index in [1.807, 2.05) is 84.8 Å². The van der Waals surface area contributed by atoms with Crippen LogP contribution in [0, 0.1) is 6.92 Å². The monoisotopic (exact) mass is 585 g/mol. The molecule has 0 atom stereocenters. The topological polar surface area (TPSA) is 104 Å². The maximum absolute atomic E-state index is 13.5. The summed E-state index contributed by atoms with van der Waals surface area (Å²) in [5, 5.41) is 3.12. The van der Waals surface area contributed by atoms with E-state index in [-0.39, 0.29) is 12.1 Å². The van der Waals surface area contributed by atoms with Crippen LogP contribution >= 0.6 is 0 Å². The predicted octanol–water partition coefficient (Wildman–Crippen LogP) is 6.26. The Morgan fingerprint density at radius 1 is 0.952 bits per heavy atom. The molecule has 9 nitrogen and oxygen atoms in total. The van der Waals surface area contributed by atoms with Crippen LogP contribution in [0.1, 0.15) is 24.0 Å². The van der Waals surface area contributed by atoms with Gasteiger partial charge in [0.15, 0.2) is 0 Å². The van der Waals surface area contributed by atoms with E-state index in [0.29, 0.717) is 17.3 Å². The Balaban J connectivity index is 1.17. The van der Waals surface area contributed by atoms with Crippen molar-refractivity contribution in [3.05, 3.63) is 108 Å². The van der Waals surface area contributed by atoms with E-state index >= 15 is 0 Å². The third-order valence-electron chi connectivity index (χ3n) is 7.15. The molecule has 1 saturated heterocycles. The highest BCUT2D eigenvalue weighted by Crippen LogP contribution is 2.27. The van der Waals surface area contributed by atoms with E-state index in [9.17, 15) is 13.2 Å². The first-order valence-corrected chi connectivity index (χ1v) is 15.8. The fourth-order valence-electron chi connectivity index (χ4n) is 5.06. The Morgan fingerprint density at radius 3 is 2.29 bits per heavy atom. The molecule has 5 rings (SSSR count). The van der Waals surface area contributed by atoms with Crippen LogP contribution in [0.2, 0.25) is 0 Å². The van der Waals surface area contributed by atoms with Crippen LogP contribution in [0.5, 0.6) is 11.6 Å². The Morgan fingerprint density at radius 2 is 1.64 bits per heavy atom. The number of urea groups is 1. The van der Waals surface area contributed by atoms with Crippen molar-refractivity contribution in [2.24, 2.45) is 0 Å². The summed E-state index contributed by atoms with van der Waals surface area (Å²) in [5.74, 6) is 1.02. The van der Waals surface area contributed by atoms with Crippen LogP contribution in [0.25, 0.3) is 0 Å². The summed E-state index contributed by atoms with van der Waals surface area (Å²) in [5.41, 5.74) is 4.28. The maximum atomic E-state index is 13.5. The zero-order chi connectivity index (χ0) is 29.5. The number of aromatic nitrogens is 1. The molecule has 0 unspecified atom stereocenters. The van der Waals surface area contributed by atoms with Crippen molar-refractivity contribution >= 4 is 33.1 Å². The molecular weight excluding hydrogens is 550 g/mol. The molecule has 1 aliphatic rings. The predicted molar refractivity (Wildman–Crippen MR) is 167 cm³/mol. The number of aryl methyl sites for hydroxylation is 1. The number of carbonyl (C=O) groups excluding carboxylic acids is 1. The minimum absolute atomic E-state index is 0.0839. The molecule has 0 radical (unpaired) electrons. The summed E-state index contributed by atoms with van der Waals surface area (Å²) in [4.78, 5) is 22.3. The second kappa shape index (κ2) is 13.1. The van der Waals surface area contributed by atoms with Crippen LogP contribution in [-0.4, -0.2) is 49.7 Å². The molecule has 2 amide bonds. The average molecular weight is 586 g/mol. The second-order valence-corrected chi connectivity index (χ2v) is 12.2. The highest BCUT2D eigenvalue weighted by Gasteiger charge is 2.29. The molecule has 1 aliphatic heterocycles. The fraction of sp³-hybridized carbons (Fsp3) is 0.250. The minimum atomic E-state index is -3.33. The van der Waals surface area contributed by atoms with Gasteiger partial charge in [-0.2, -0.15) is 0 Å². The summed E-state index contributed by atoms with van der Waals surface area (Å²) in [6, 6.07) is 28.1. The lowest BCUT2D eigenvalue weighted by molar-refractivity contribution is 0.199. The number of anilines is 3. The number of rotatable bonds is 9. The number of pyridine rings is 1. The van der Waals surface area contributed by atoms with E-state index in [0.717, 1.165) is 61.2 Å². The van der Waals surface area contributed by atoms with Gasteiger partial charge in [-0.25, -0.2) is 18.2 Å². The number of piperidine rings is 1. The highest BCUT2D eigenvalue weighted by atomic mass is 32.2. The number of nitrogens with one attached hydrogen (secondary N) is 2. The molecule has 10 heteroatoms. The number of hydrogen-bond acceptors (Lipinski definition) is 6. The number of nitrogens with zero attached hydrogens (tertiary/aromatic N) is 3. The van der Waals surface area contributed by atoms with E-state index < -0.39 is 10.0 Å². The zero-order valence-electron chi connectivity index (χ0n) is 23.7. The van der Waals surface area contributed by atoms with E-state index in [2.05, 4.69) is 19.9 Å². The van der Waals surface area contributed by atoms with E-state index in [1.54, 1.807) is 24.3 Å². The van der Waals surface area contributed by atoms with Gasteiger partial charge in [0.1, 0.15) is 5.75 Å². The Bertz CT molecular complexity index is 1590. The van der Waals surface area contributed by atoms with Gasteiger partial charge in [-0.1, -0.05) is 42.5 Å². The van der Waals surface area contributed by atoms with Crippen LogP contribution in [0.4, 0.5) is 21.9 Å². The van der Waals surface area contributed by atoms with E-state index in [4.69, 9.17) is 4.74 Å². The number of hydrogen-bond donors (Lipinski definition) is 2. The van der Waals surface area contributed by atoms with Crippen molar-refractivity contribution in [3.8, 4) is 11.6 Å². The van der Waals surface area contributed by atoms with Crippen LogP contribution < -0.4 is 19.7 Å². The van der Waals surface area contributed by atoms with Crippen molar-refractivity contribution in [3.63, 3.8) is 0 Å². The smallest absolute Gasteiger partial charge is 0.326 e. The van der Waals surface area contributed by atoms with Crippen LogP contribution in [-0.2, 0) is 16.6 Å². The largest absolute Gasteiger partial charge is 0.439 e. The molecule has 2 N–H and O–H groups in total. The third kappa shape index (κ3) is 7.86. The molecule has 218 valence electrons. The van der Waals surface area contributed by atoms with Gasteiger partial charge in [0, 0.05) is 55.0 Å². The summed E-state index contributed by atoms with van der Waals surface area (Å²) in [6.07, 6.45) is 4.63. The Labute approximate surface area is 247 Å².